The maximum atomic E-state index is 2.55. The van der Waals surface area contributed by atoms with Crippen molar-refractivity contribution in [1.29, 1.82) is 0 Å². The molecule has 1 atom stereocenters. The van der Waals surface area contributed by atoms with Crippen LogP contribution in [0.1, 0.15) is 144 Å². The monoisotopic (exact) mass is 1030 g/mol. The van der Waals surface area contributed by atoms with Crippen molar-refractivity contribution in [2.75, 3.05) is 9.80 Å². The first-order valence-corrected chi connectivity index (χ1v) is 29.1. The Bertz CT molecular complexity index is 4080. The van der Waals surface area contributed by atoms with Crippen LogP contribution in [-0.4, -0.2) is 0 Å². The van der Waals surface area contributed by atoms with E-state index in [4.69, 9.17) is 0 Å². The van der Waals surface area contributed by atoms with Crippen molar-refractivity contribution >= 4 is 34.1 Å². The SMILES string of the molecule is CC1(C)CC(C)(c2cccc(N(c3ccc4c(c3)C(C)(C)c3ccccc3-4)c3ccc4c(c3)C(C)(C)c3ccccc3-4)c2)c2ccc(N(c3ccc4c(c3)C(C)(C)c3ccccc3-4)c3ccc4c(c3)C(C)(C)c3ccccc3-4)cc21. The summed E-state index contributed by atoms with van der Waals surface area (Å²) < 4.78 is 0. The fraction of sp³-hybridized carbons (Fsp3) is 0.231. The summed E-state index contributed by atoms with van der Waals surface area (Å²) in [7, 11) is 0. The number of nitrogens with zero attached hydrogens (tertiary/aromatic N) is 2. The van der Waals surface area contributed by atoms with Crippen molar-refractivity contribution in [1.82, 2.24) is 0 Å². The zero-order valence-electron chi connectivity index (χ0n) is 48.3. The van der Waals surface area contributed by atoms with Crippen molar-refractivity contribution in [3.63, 3.8) is 0 Å². The first-order valence-electron chi connectivity index (χ1n) is 29.1. The molecule has 0 saturated heterocycles. The Morgan fingerprint density at radius 2 is 0.525 bits per heavy atom. The lowest BCUT2D eigenvalue weighted by atomic mass is 9.75. The summed E-state index contributed by atoms with van der Waals surface area (Å²) >= 11 is 0. The summed E-state index contributed by atoms with van der Waals surface area (Å²) in [6.07, 6.45) is 0.982. The molecule has 5 aliphatic rings. The maximum absolute atomic E-state index is 2.55. The molecule has 0 spiro atoms. The van der Waals surface area contributed by atoms with Crippen LogP contribution in [0.25, 0.3) is 44.5 Å². The lowest BCUT2D eigenvalue weighted by Gasteiger charge is -2.32. The first-order chi connectivity index (χ1) is 38.3. The zero-order valence-corrected chi connectivity index (χ0v) is 48.3. The molecule has 1 unspecified atom stereocenters. The van der Waals surface area contributed by atoms with E-state index in [9.17, 15) is 0 Å². The molecule has 0 N–H and O–H groups in total. The number of rotatable bonds is 7. The Morgan fingerprint density at radius 1 is 0.237 bits per heavy atom. The van der Waals surface area contributed by atoms with Crippen LogP contribution in [-0.2, 0) is 32.5 Å². The van der Waals surface area contributed by atoms with E-state index in [0.717, 1.165) is 6.42 Å². The van der Waals surface area contributed by atoms with Gasteiger partial charge >= 0.3 is 0 Å². The van der Waals surface area contributed by atoms with Crippen LogP contribution < -0.4 is 9.80 Å². The molecule has 0 radical (unpaired) electrons. The summed E-state index contributed by atoms with van der Waals surface area (Å²) in [5.41, 5.74) is 32.1. The second-order valence-electron chi connectivity index (χ2n) is 26.9. The summed E-state index contributed by atoms with van der Waals surface area (Å²) in [4.78, 5) is 5.09. The first kappa shape index (κ1) is 48.9. The predicted molar refractivity (Wildman–Crippen MR) is 337 cm³/mol. The van der Waals surface area contributed by atoms with E-state index in [2.05, 4.69) is 298 Å². The van der Waals surface area contributed by atoms with Crippen molar-refractivity contribution in [3.8, 4) is 44.5 Å². The van der Waals surface area contributed by atoms with Gasteiger partial charge in [0.25, 0.3) is 0 Å². The van der Waals surface area contributed by atoms with Gasteiger partial charge in [-0.05, 0) is 190 Å². The molecule has 0 saturated carbocycles. The summed E-state index contributed by atoms with van der Waals surface area (Å²) in [5.74, 6) is 0. The highest BCUT2D eigenvalue weighted by atomic mass is 15.1. The van der Waals surface area contributed by atoms with E-state index in [1.807, 2.05) is 0 Å². The van der Waals surface area contributed by atoms with E-state index in [-0.39, 0.29) is 32.5 Å². The molecule has 0 aromatic heterocycles. The lowest BCUT2D eigenvalue weighted by molar-refractivity contribution is 0.425. The molecule has 0 aliphatic heterocycles. The Hall–Kier alpha value is -8.20. The third kappa shape index (κ3) is 6.66. The predicted octanol–water partition coefficient (Wildman–Crippen LogP) is 20.8. The highest BCUT2D eigenvalue weighted by Gasteiger charge is 2.47. The van der Waals surface area contributed by atoms with Crippen LogP contribution in [0.15, 0.2) is 212 Å². The number of anilines is 6. The van der Waals surface area contributed by atoms with Crippen molar-refractivity contribution in [3.05, 3.63) is 274 Å². The lowest BCUT2D eigenvalue weighted by Crippen LogP contribution is -2.24. The fourth-order valence-electron chi connectivity index (χ4n) is 16.3. The largest absolute Gasteiger partial charge is 0.310 e. The molecule has 2 nitrogen and oxygen atoms in total. The maximum Gasteiger partial charge on any atom is 0.0465 e. The van der Waals surface area contributed by atoms with Gasteiger partial charge in [0.15, 0.2) is 0 Å². The van der Waals surface area contributed by atoms with Crippen molar-refractivity contribution < 1.29 is 0 Å². The molecule has 0 heterocycles. The summed E-state index contributed by atoms with van der Waals surface area (Å²) in [5, 5.41) is 0. The average Bonchev–Trinajstić information content (AvgIpc) is 4.13. The van der Waals surface area contributed by atoms with Crippen LogP contribution in [0, 0.1) is 0 Å². The Morgan fingerprint density at radius 3 is 0.875 bits per heavy atom. The van der Waals surface area contributed by atoms with Crippen LogP contribution >= 0.6 is 0 Å². The van der Waals surface area contributed by atoms with Gasteiger partial charge in [-0.15, -0.1) is 0 Å². The quantitative estimate of drug-likeness (QED) is 0.157. The molecule has 10 aromatic carbocycles. The van der Waals surface area contributed by atoms with E-state index in [0.29, 0.717) is 0 Å². The van der Waals surface area contributed by atoms with Gasteiger partial charge < -0.3 is 9.80 Å². The minimum Gasteiger partial charge on any atom is -0.310 e. The number of hydrogen-bond acceptors (Lipinski definition) is 2. The third-order valence-corrected chi connectivity index (χ3v) is 20.4. The molecule has 80 heavy (non-hydrogen) atoms. The van der Waals surface area contributed by atoms with E-state index >= 15 is 0 Å². The second kappa shape index (κ2) is 16.5. The summed E-state index contributed by atoms with van der Waals surface area (Å²) in [6.45, 7) is 26.6. The van der Waals surface area contributed by atoms with Crippen LogP contribution in [0.2, 0.25) is 0 Å². The van der Waals surface area contributed by atoms with Gasteiger partial charge in [-0.2, -0.15) is 0 Å². The van der Waals surface area contributed by atoms with Gasteiger partial charge in [0.1, 0.15) is 0 Å². The normalized spacial score (nSPS) is 18.7. The molecule has 0 bridgehead atoms. The molecule has 2 heteroatoms. The minimum absolute atomic E-state index is 0.119. The summed E-state index contributed by atoms with van der Waals surface area (Å²) in [6, 6.07) is 81.9. The Labute approximate surface area is 474 Å². The molecular weight excluding hydrogens is 965 g/mol. The molecule has 15 rings (SSSR count). The number of fused-ring (bicyclic) bond motifs is 13. The Kier molecular flexibility index (Phi) is 10.1. The van der Waals surface area contributed by atoms with Crippen LogP contribution in [0.4, 0.5) is 34.1 Å². The highest BCUT2D eigenvalue weighted by molar-refractivity contribution is 5.91. The molecular formula is C78H70N2. The molecule has 392 valence electrons. The van der Waals surface area contributed by atoms with Gasteiger partial charge in [-0.3, -0.25) is 0 Å². The fourth-order valence-corrected chi connectivity index (χ4v) is 16.3. The molecule has 10 aromatic rings. The molecule has 5 aliphatic carbocycles. The second-order valence-corrected chi connectivity index (χ2v) is 26.9. The highest BCUT2D eigenvalue weighted by Crippen LogP contribution is 2.59. The molecule has 0 fully saturated rings. The minimum atomic E-state index is -0.264. The van der Waals surface area contributed by atoms with Crippen LogP contribution in [0.3, 0.4) is 0 Å². The smallest absolute Gasteiger partial charge is 0.0465 e. The zero-order chi connectivity index (χ0) is 55.0. The van der Waals surface area contributed by atoms with Crippen LogP contribution in [0.5, 0.6) is 0 Å². The van der Waals surface area contributed by atoms with Gasteiger partial charge in [-0.25, -0.2) is 0 Å². The van der Waals surface area contributed by atoms with E-state index in [1.54, 1.807) is 0 Å². The van der Waals surface area contributed by atoms with Gasteiger partial charge in [0, 0.05) is 61.2 Å². The van der Waals surface area contributed by atoms with E-state index in [1.165, 1.54) is 140 Å². The van der Waals surface area contributed by atoms with Gasteiger partial charge in [0.2, 0.25) is 0 Å². The molecule has 0 amide bonds. The average molecular weight is 1040 g/mol. The topological polar surface area (TPSA) is 6.48 Å². The van der Waals surface area contributed by atoms with Gasteiger partial charge in [0.05, 0.1) is 0 Å². The van der Waals surface area contributed by atoms with E-state index < -0.39 is 0 Å². The number of benzene rings is 10. The Balaban J connectivity index is 0.867. The van der Waals surface area contributed by atoms with Crippen molar-refractivity contribution in [2.45, 2.75) is 115 Å². The van der Waals surface area contributed by atoms with Gasteiger partial charge in [-0.1, -0.05) is 216 Å². The standard InChI is InChI=1S/C78H70N2/c1-73(2)47-78(11,48-21-20-22-49(41-48)79(50-31-36-59-55-23-12-16-27-63(55)74(3,4)68(59)42-50)51-32-37-60-56-24-13-17-28-64(56)75(5,6)69(60)43-51)67-40-35-54(46-72(67)73)80(52-33-38-61-57-25-14-18-29-65(57)76(7,8)70(61)44-52)53-34-39-62-58-26-15-19-30-66(58)77(9,10)71(62)45-53/h12-46H,47H2,1-11H3. The van der Waals surface area contributed by atoms with Crippen molar-refractivity contribution in [2.24, 2.45) is 0 Å². The third-order valence-electron chi connectivity index (χ3n) is 20.4. The number of hydrogen-bond donors (Lipinski definition) is 0.